The van der Waals surface area contributed by atoms with E-state index in [2.05, 4.69) is 6.92 Å². The summed E-state index contributed by atoms with van der Waals surface area (Å²) in [5.74, 6) is -3.45. The summed E-state index contributed by atoms with van der Waals surface area (Å²) < 4.78 is 58.3. The Kier molecular flexibility index (Phi) is 5.24. The predicted molar refractivity (Wildman–Crippen MR) is 106 cm³/mol. The number of benzene rings is 3. The van der Waals surface area contributed by atoms with Gasteiger partial charge in [-0.05, 0) is 84.4 Å². The van der Waals surface area contributed by atoms with Crippen molar-refractivity contribution in [2.75, 3.05) is 0 Å². The summed E-state index contributed by atoms with van der Waals surface area (Å²) >= 11 is 0. The molecule has 1 aliphatic rings. The molecule has 0 atom stereocenters. The lowest BCUT2D eigenvalue weighted by Crippen LogP contribution is -2.13. The van der Waals surface area contributed by atoms with Crippen molar-refractivity contribution in [2.24, 2.45) is 5.92 Å². The number of fused-ring (bicyclic) bond motifs is 1. The summed E-state index contributed by atoms with van der Waals surface area (Å²) in [5.41, 5.74) is 0.303. The second-order valence-electron chi connectivity index (χ2n) is 7.94. The Bertz CT molecular complexity index is 1050. The van der Waals surface area contributed by atoms with Crippen LogP contribution in [0.4, 0.5) is 17.6 Å². The maximum atomic E-state index is 14.9. The number of rotatable bonds is 3. The fraction of sp³-hybridized carbons (Fsp3) is 0.333. The molecule has 1 aliphatic carbocycles. The van der Waals surface area contributed by atoms with E-state index in [4.69, 9.17) is 0 Å². The minimum atomic E-state index is -1.09. The van der Waals surface area contributed by atoms with Gasteiger partial charge in [0.25, 0.3) is 0 Å². The summed E-state index contributed by atoms with van der Waals surface area (Å²) in [7, 11) is 0. The van der Waals surface area contributed by atoms with E-state index in [-0.39, 0.29) is 22.4 Å². The number of phenols is 1. The van der Waals surface area contributed by atoms with Crippen LogP contribution in [0.1, 0.15) is 50.5 Å². The van der Waals surface area contributed by atoms with Gasteiger partial charge in [-0.2, -0.15) is 0 Å². The molecule has 0 aromatic heterocycles. The number of hydrogen-bond acceptors (Lipinski definition) is 1. The molecule has 0 aliphatic heterocycles. The molecule has 1 fully saturated rings. The van der Waals surface area contributed by atoms with Gasteiger partial charge in [0, 0.05) is 0 Å². The third-order valence-electron chi connectivity index (χ3n) is 6.23. The monoisotopic (exact) mass is 402 g/mol. The van der Waals surface area contributed by atoms with Crippen LogP contribution in [0.5, 0.6) is 5.75 Å². The Morgan fingerprint density at radius 2 is 1.52 bits per heavy atom. The van der Waals surface area contributed by atoms with E-state index in [0.29, 0.717) is 11.5 Å². The molecule has 3 aromatic carbocycles. The lowest BCUT2D eigenvalue weighted by Gasteiger charge is -2.28. The van der Waals surface area contributed by atoms with Crippen LogP contribution < -0.4 is 0 Å². The van der Waals surface area contributed by atoms with Gasteiger partial charge in [-0.15, -0.1) is 0 Å². The fourth-order valence-electron chi connectivity index (χ4n) is 4.51. The number of aromatic hydroxyl groups is 1. The molecule has 0 bridgehead atoms. The zero-order chi connectivity index (χ0) is 20.7. The summed E-state index contributed by atoms with van der Waals surface area (Å²) in [6.07, 6.45) is 5.05. The lowest BCUT2D eigenvalue weighted by atomic mass is 9.77. The highest BCUT2D eigenvalue weighted by molar-refractivity contribution is 5.89. The largest absolute Gasteiger partial charge is 0.505 e. The molecule has 5 heteroatoms. The van der Waals surface area contributed by atoms with Crippen LogP contribution in [0.15, 0.2) is 36.4 Å². The maximum absolute atomic E-state index is 14.9. The predicted octanol–water partition coefficient (Wildman–Crippen LogP) is 7.45. The molecule has 3 aromatic rings. The van der Waals surface area contributed by atoms with E-state index in [1.54, 1.807) is 0 Å². The highest BCUT2D eigenvalue weighted by Crippen LogP contribution is 2.40. The second-order valence-corrected chi connectivity index (χ2v) is 7.94. The molecule has 0 radical (unpaired) electrons. The van der Waals surface area contributed by atoms with Crippen molar-refractivity contribution in [3.8, 4) is 16.9 Å². The molecule has 0 spiro atoms. The summed E-state index contributed by atoms with van der Waals surface area (Å²) in [4.78, 5) is 0. The van der Waals surface area contributed by atoms with Gasteiger partial charge in [-0.3, -0.25) is 0 Å². The Hall–Kier alpha value is -2.56. The van der Waals surface area contributed by atoms with Gasteiger partial charge < -0.3 is 5.11 Å². The normalized spacial score (nSPS) is 19.6. The quantitative estimate of drug-likeness (QED) is 0.451. The molecule has 0 heterocycles. The van der Waals surface area contributed by atoms with Crippen LogP contribution in [0.25, 0.3) is 21.9 Å². The van der Waals surface area contributed by atoms with Crippen molar-refractivity contribution in [3.05, 3.63) is 65.2 Å². The topological polar surface area (TPSA) is 20.2 Å². The molecule has 152 valence electrons. The van der Waals surface area contributed by atoms with Crippen LogP contribution in [-0.2, 0) is 0 Å². The highest BCUT2D eigenvalue weighted by Gasteiger charge is 2.24. The van der Waals surface area contributed by atoms with Crippen LogP contribution in [0.2, 0.25) is 0 Å². The van der Waals surface area contributed by atoms with E-state index in [0.717, 1.165) is 44.2 Å². The number of hydrogen-bond donors (Lipinski definition) is 1. The van der Waals surface area contributed by atoms with Crippen LogP contribution in [-0.4, -0.2) is 5.11 Å². The minimum Gasteiger partial charge on any atom is -0.505 e. The van der Waals surface area contributed by atoms with Crippen LogP contribution >= 0.6 is 0 Å². The Balaban J connectivity index is 1.73. The third-order valence-corrected chi connectivity index (χ3v) is 6.23. The van der Waals surface area contributed by atoms with Crippen molar-refractivity contribution in [1.29, 1.82) is 0 Å². The average Bonchev–Trinajstić information content (AvgIpc) is 2.70. The molecular weight excluding hydrogens is 380 g/mol. The number of halogens is 4. The van der Waals surface area contributed by atoms with E-state index in [1.165, 1.54) is 24.3 Å². The molecule has 4 rings (SSSR count). The van der Waals surface area contributed by atoms with Crippen LogP contribution in [0, 0.1) is 29.2 Å². The summed E-state index contributed by atoms with van der Waals surface area (Å²) in [6, 6.07) is 7.32. The van der Waals surface area contributed by atoms with Gasteiger partial charge >= 0.3 is 0 Å². The average molecular weight is 402 g/mol. The Morgan fingerprint density at radius 3 is 2.14 bits per heavy atom. The van der Waals surface area contributed by atoms with Crippen molar-refractivity contribution >= 4 is 10.8 Å². The Morgan fingerprint density at radius 1 is 0.862 bits per heavy atom. The zero-order valence-electron chi connectivity index (χ0n) is 16.1. The third kappa shape index (κ3) is 3.59. The smallest absolute Gasteiger partial charge is 0.175 e. The zero-order valence-corrected chi connectivity index (χ0v) is 16.1. The summed E-state index contributed by atoms with van der Waals surface area (Å²) in [5, 5.41) is 9.16. The highest BCUT2D eigenvalue weighted by atomic mass is 19.1. The molecule has 0 saturated heterocycles. The molecule has 29 heavy (non-hydrogen) atoms. The van der Waals surface area contributed by atoms with Gasteiger partial charge in [-0.25, -0.2) is 17.6 Å². The standard InChI is InChI=1S/C24H22F4O/c1-2-13-3-5-14(6-4-13)16-10-18(25)22(19(26)11-16)17-9-15-7-8-21(29)24(28)23(15)20(27)12-17/h7-14,29H,2-6H2,1H3. The first-order chi connectivity index (χ1) is 13.9. The Labute approximate surface area is 167 Å². The first-order valence-corrected chi connectivity index (χ1v) is 9.99. The van der Waals surface area contributed by atoms with E-state index in [1.807, 2.05) is 0 Å². The van der Waals surface area contributed by atoms with Crippen molar-refractivity contribution < 1.29 is 22.7 Å². The van der Waals surface area contributed by atoms with E-state index in [9.17, 15) is 22.7 Å². The lowest BCUT2D eigenvalue weighted by molar-refractivity contribution is 0.318. The molecule has 0 amide bonds. The van der Waals surface area contributed by atoms with Gasteiger partial charge in [-0.1, -0.05) is 19.4 Å². The van der Waals surface area contributed by atoms with Crippen LogP contribution in [0.3, 0.4) is 0 Å². The van der Waals surface area contributed by atoms with Crippen molar-refractivity contribution in [3.63, 3.8) is 0 Å². The second kappa shape index (κ2) is 7.69. The fourth-order valence-corrected chi connectivity index (χ4v) is 4.51. The summed E-state index contributed by atoms with van der Waals surface area (Å²) in [6.45, 7) is 2.16. The molecule has 0 unspecified atom stereocenters. The maximum Gasteiger partial charge on any atom is 0.175 e. The molecule has 1 saturated carbocycles. The molecular formula is C24H22F4O. The first kappa shape index (κ1) is 19.7. The van der Waals surface area contributed by atoms with Crippen molar-refractivity contribution in [2.45, 2.75) is 44.9 Å². The van der Waals surface area contributed by atoms with Gasteiger partial charge in [0.1, 0.15) is 17.5 Å². The van der Waals surface area contributed by atoms with Gasteiger partial charge in [0.2, 0.25) is 0 Å². The van der Waals surface area contributed by atoms with Crippen molar-refractivity contribution in [1.82, 2.24) is 0 Å². The molecule has 1 N–H and O–H groups in total. The minimum absolute atomic E-state index is 0.00340. The van der Waals surface area contributed by atoms with Gasteiger partial charge in [0.05, 0.1) is 10.9 Å². The first-order valence-electron chi connectivity index (χ1n) is 9.99. The van der Waals surface area contributed by atoms with E-state index < -0.39 is 34.4 Å². The number of phenolic OH excluding ortho intramolecular Hbond substituents is 1. The molecule has 1 nitrogen and oxygen atoms in total. The SMILES string of the molecule is CCC1CCC(c2cc(F)c(-c3cc(F)c4c(F)c(O)ccc4c3)c(F)c2)CC1. The van der Waals surface area contributed by atoms with E-state index >= 15 is 0 Å². The van der Waals surface area contributed by atoms with Gasteiger partial charge in [0.15, 0.2) is 11.6 Å².